The predicted octanol–water partition coefficient (Wildman–Crippen LogP) is 6.95. The van der Waals surface area contributed by atoms with Gasteiger partial charge in [-0.05, 0) is 54.0 Å². The molecule has 2 amide bonds. The fourth-order valence-electron chi connectivity index (χ4n) is 4.27. The van der Waals surface area contributed by atoms with Gasteiger partial charge in [-0.2, -0.15) is 0 Å². The molecule has 3 rings (SSSR count). The summed E-state index contributed by atoms with van der Waals surface area (Å²) >= 11 is 6.50. The first-order valence-corrected chi connectivity index (χ1v) is 13.6. The topological polar surface area (TPSA) is 49.4 Å². The van der Waals surface area contributed by atoms with Crippen LogP contribution in [0.4, 0.5) is 0 Å². The predicted molar refractivity (Wildman–Crippen MR) is 153 cm³/mol. The van der Waals surface area contributed by atoms with Crippen molar-refractivity contribution >= 4 is 23.4 Å². The first-order chi connectivity index (χ1) is 17.8. The third kappa shape index (κ3) is 8.46. The van der Waals surface area contributed by atoms with Gasteiger partial charge in [-0.15, -0.1) is 0 Å². The van der Waals surface area contributed by atoms with E-state index in [4.69, 9.17) is 11.6 Å². The zero-order valence-corrected chi connectivity index (χ0v) is 23.2. The normalized spacial score (nSPS) is 12.7. The Hall–Kier alpha value is -3.11. The molecule has 0 aliphatic heterocycles. The van der Waals surface area contributed by atoms with Gasteiger partial charge < -0.3 is 10.2 Å². The second-order valence-electron chi connectivity index (χ2n) is 10.0. The van der Waals surface area contributed by atoms with Crippen LogP contribution in [0.15, 0.2) is 78.9 Å². The SMILES string of the molecule is CCC(C)NC(=O)C(Cc1ccccc1)N(Cc1ccccc1Cl)C(=O)CCc1ccc(C(C)C)cc1. The second-order valence-corrected chi connectivity index (χ2v) is 10.4. The van der Waals surface area contributed by atoms with Gasteiger partial charge in [-0.25, -0.2) is 0 Å². The third-order valence-corrected chi connectivity index (χ3v) is 7.21. The molecule has 0 aromatic heterocycles. The van der Waals surface area contributed by atoms with Crippen LogP contribution < -0.4 is 5.32 Å². The van der Waals surface area contributed by atoms with Gasteiger partial charge >= 0.3 is 0 Å². The molecule has 0 aliphatic carbocycles. The molecule has 0 fully saturated rings. The minimum atomic E-state index is -0.650. The Morgan fingerprint density at radius 2 is 1.51 bits per heavy atom. The Balaban J connectivity index is 1.90. The van der Waals surface area contributed by atoms with Crippen LogP contribution in [0.2, 0.25) is 5.02 Å². The molecule has 196 valence electrons. The van der Waals surface area contributed by atoms with Crippen molar-refractivity contribution in [1.82, 2.24) is 10.2 Å². The van der Waals surface area contributed by atoms with Crippen LogP contribution in [0.25, 0.3) is 0 Å². The van der Waals surface area contributed by atoms with Gasteiger partial charge in [0, 0.05) is 30.5 Å². The van der Waals surface area contributed by atoms with E-state index in [-0.39, 0.29) is 24.4 Å². The fourth-order valence-corrected chi connectivity index (χ4v) is 4.46. The lowest BCUT2D eigenvalue weighted by Gasteiger charge is -2.32. The number of nitrogens with one attached hydrogen (secondary N) is 1. The average Bonchev–Trinajstić information content (AvgIpc) is 2.90. The van der Waals surface area contributed by atoms with Crippen molar-refractivity contribution < 1.29 is 9.59 Å². The molecule has 0 heterocycles. The Labute approximate surface area is 227 Å². The molecule has 5 heteroatoms. The van der Waals surface area contributed by atoms with Gasteiger partial charge in [0.15, 0.2) is 0 Å². The highest BCUT2D eigenvalue weighted by Gasteiger charge is 2.31. The quantitative estimate of drug-likeness (QED) is 0.282. The van der Waals surface area contributed by atoms with E-state index in [0.29, 0.717) is 30.2 Å². The van der Waals surface area contributed by atoms with Crippen LogP contribution in [0.1, 0.15) is 68.7 Å². The maximum atomic E-state index is 13.8. The molecule has 0 radical (unpaired) electrons. The fraction of sp³-hybridized carbons (Fsp3) is 0.375. The van der Waals surface area contributed by atoms with E-state index in [1.165, 1.54) is 5.56 Å². The highest BCUT2D eigenvalue weighted by molar-refractivity contribution is 6.31. The monoisotopic (exact) mass is 518 g/mol. The molecule has 37 heavy (non-hydrogen) atoms. The highest BCUT2D eigenvalue weighted by Crippen LogP contribution is 2.22. The van der Waals surface area contributed by atoms with Gasteiger partial charge in [0.25, 0.3) is 0 Å². The van der Waals surface area contributed by atoms with E-state index in [1.54, 1.807) is 4.90 Å². The summed E-state index contributed by atoms with van der Waals surface area (Å²) in [5.74, 6) is 0.262. The lowest BCUT2D eigenvalue weighted by Crippen LogP contribution is -2.52. The first-order valence-electron chi connectivity index (χ1n) is 13.2. The summed E-state index contributed by atoms with van der Waals surface area (Å²) in [4.78, 5) is 29.1. The molecule has 0 saturated carbocycles. The Bertz CT molecular complexity index is 1140. The number of benzene rings is 3. The zero-order valence-electron chi connectivity index (χ0n) is 22.4. The number of halogens is 1. The van der Waals surface area contributed by atoms with Gasteiger partial charge in [0.2, 0.25) is 11.8 Å². The number of aryl methyl sites for hydroxylation is 1. The third-order valence-electron chi connectivity index (χ3n) is 6.84. The maximum Gasteiger partial charge on any atom is 0.243 e. The van der Waals surface area contributed by atoms with Crippen molar-refractivity contribution in [1.29, 1.82) is 0 Å². The van der Waals surface area contributed by atoms with Gasteiger partial charge in [0.1, 0.15) is 6.04 Å². The molecule has 2 unspecified atom stereocenters. The lowest BCUT2D eigenvalue weighted by molar-refractivity contribution is -0.141. The molecular weight excluding hydrogens is 480 g/mol. The highest BCUT2D eigenvalue weighted by atomic mass is 35.5. The van der Waals surface area contributed by atoms with Crippen LogP contribution in [0.3, 0.4) is 0 Å². The van der Waals surface area contributed by atoms with Crippen molar-refractivity contribution in [3.63, 3.8) is 0 Å². The molecule has 0 bridgehead atoms. The molecule has 4 nitrogen and oxygen atoms in total. The number of rotatable bonds is 12. The molecular formula is C32H39ClN2O2. The number of hydrogen-bond donors (Lipinski definition) is 1. The van der Waals surface area contributed by atoms with Crippen LogP contribution >= 0.6 is 11.6 Å². The van der Waals surface area contributed by atoms with E-state index in [2.05, 4.69) is 43.4 Å². The van der Waals surface area contributed by atoms with Crippen molar-refractivity contribution in [2.45, 2.75) is 77.9 Å². The lowest BCUT2D eigenvalue weighted by atomic mass is 9.99. The van der Waals surface area contributed by atoms with Gasteiger partial charge in [-0.1, -0.05) is 105 Å². The van der Waals surface area contributed by atoms with Crippen molar-refractivity contribution in [2.24, 2.45) is 0 Å². The molecule has 0 saturated heterocycles. The van der Waals surface area contributed by atoms with Gasteiger partial charge in [0.05, 0.1) is 0 Å². The van der Waals surface area contributed by atoms with E-state index in [1.807, 2.05) is 68.4 Å². The molecule has 0 spiro atoms. The van der Waals surface area contributed by atoms with E-state index < -0.39 is 6.04 Å². The Morgan fingerprint density at radius 1 is 0.865 bits per heavy atom. The Kier molecular flexibility index (Phi) is 10.8. The van der Waals surface area contributed by atoms with Crippen molar-refractivity contribution in [2.75, 3.05) is 0 Å². The average molecular weight is 519 g/mol. The molecule has 3 aromatic rings. The van der Waals surface area contributed by atoms with Crippen molar-refractivity contribution in [3.8, 4) is 0 Å². The Morgan fingerprint density at radius 3 is 2.14 bits per heavy atom. The number of carbonyl (C=O) groups is 2. The van der Waals surface area contributed by atoms with Crippen LogP contribution in [0.5, 0.6) is 0 Å². The zero-order chi connectivity index (χ0) is 26.8. The number of amides is 2. The standard InChI is InChI=1S/C32H39ClN2O2/c1-5-24(4)34-32(37)30(21-26-11-7-6-8-12-26)35(22-28-13-9-10-14-29(28)33)31(36)20-17-25-15-18-27(19-16-25)23(2)3/h6-16,18-19,23-24,30H,5,17,20-22H2,1-4H3,(H,34,37). The number of nitrogens with zero attached hydrogens (tertiary/aromatic N) is 1. The summed E-state index contributed by atoms with van der Waals surface area (Å²) in [6.07, 6.45) is 2.17. The molecule has 0 aliphatic rings. The summed E-state index contributed by atoms with van der Waals surface area (Å²) in [6, 6.07) is 25.2. The van der Waals surface area contributed by atoms with E-state index >= 15 is 0 Å². The maximum absolute atomic E-state index is 13.8. The minimum absolute atomic E-state index is 0.0162. The number of hydrogen-bond acceptors (Lipinski definition) is 2. The summed E-state index contributed by atoms with van der Waals surface area (Å²) in [7, 11) is 0. The van der Waals surface area contributed by atoms with Gasteiger partial charge in [-0.3, -0.25) is 9.59 Å². The second kappa shape index (κ2) is 14.0. The largest absolute Gasteiger partial charge is 0.352 e. The molecule has 3 aromatic carbocycles. The van der Waals surface area contributed by atoms with Crippen molar-refractivity contribution in [3.05, 3.63) is 106 Å². The smallest absolute Gasteiger partial charge is 0.243 e. The van der Waals surface area contributed by atoms with Crippen LogP contribution in [0, 0.1) is 0 Å². The van der Waals surface area contributed by atoms with E-state index in [0.717, 1.165) is 23.1 Å². The summed E-state index contributed by atoms with van der Waals surface area (Å²) < 4.78 is 0. The van der Waals surface area contributed by atoms with Crippen LogP contribution in [-0.2, 0) is 29.0 Å². The molecule has 1 N–H and O–H groups in total. The minimum Gasteiger partial charge on any atom is -0.352 e. The van der Waals surface area contributed by atoms with E-state index in [9.17, 15) is 9.59 Å². The summed E-state index contributed by atoms with van der Waals surface area (Å²) in [5, 5.41) is 3.70. The van der Waals surface area contributed by atoms with Crippen LogP contribution in [-0.4, -0.2) is 28.8 Å². The summed E-state index contributed by atoms with van der Waals surface area (Å²) in [5.41, 5.74) is 4.22. The first kappa shape index (κ1) is 28.5. The summed E-state index contributed by atoms with van der Waals surface area (Å²) in [6.45, 7) is 8.63. The molecule has 2 atom stereocenters. The number of carbonyl (C=O) groups excluding carboxylic acids is 2.